The number of H-pyrrole nitrogens is 1. The van der Waals surface area contributed by atoms with E-state index in [1.54, 1.807) is 0 Å². The number of rotatable bonds is 1. The first kappa shape index (κ1) is 10.3. The Kier molecular flexibility index (Phi) is 2.40. The molecule has 0 radical (unpaired) electrons. The van der Waals surface area contributed by atoms with Crippen LogP contribution in [0.25, 0.3) is 11.3 Å². The predicted octanol–water partition coefficient (Wildman–Crippen LogP) is 1.30. The highest BCUT2D eigenvalue weighted by Gasteiger charge is 2.09. The van der Waals surface area contributed by atoms with Crippen LogP contribution in [-0.2, 0) is 0 Å². The maximum absolute atomic E-state index is 13.3. The first-order valence-electron chi connectivity index (χ1n) is 4.38. The number of nitrogens with one attached hydrogen (secondary N) is 1. The fraction of sp³-hybridized carbons (Fsp3) is 0. The van der Waals surface area contributed by atoms with Gasteiger partial charge in [0.1, 0.15) is 11.5 Å². The van der Waals surface area contributed by atoms with Gasteiger partial charge in [0.15, 0.2) is 0 Å². The molecule has 0 atom stereocenters. The lowest BCUT2D eigenvalue weighted by Crippen LogP contribution is -2.11. The fourth-order valence-electron chi connectivity index (χ4n) is 1.26. The van der Waals surface area contributed by atoms with Crippen molar-refractivity contribution in [1.82, 2.24) is 9.97 Å². The van der Waals surface area contributed by atoms with Gasteiger partial charge in [0, 0.05) is 11.8 Å². The highest BCUT2D eigenvalue weighted by atomic mass is 19.1. The van der Waals surface area contributed by atoms with Gasteiger partial charge in [-0.05, 0) is 18.2 Å². The Morgan fingerprint density at radius 1 is 1.31 bits per heavy atom. The normalized spacial score (nSPS) is 10.4. The van der Waals surface area contributed by atoms with E-state index in [0.29, 0.717) is 0 Å². The third kappa shape index (κ3) is 1.77. The van der Waals surface area contributed by atoms with E-state index in [-0.39, 0.29) is 16.9 Å². The molecular formula is C10H7F2N3O. The van der Waals surface area contributed by atoms with Crippen molar-refractivity contribution in [3.05, 3.63) is 46.5 Å². The second-order valence-corrected chi connectivity index (χ2v) is 3.14. The highest BCUT2D eigenvalue weighted by molar-refractivity contribution is 5.62. The first-order valence-corrected chi connectivity index (χ1v) is 4.38. The summed E-state index contributed by atoms with van der Waals surface area (Å²) in [4.78, 5) is 16.7. The number of nitrogens with two attached hydrogens (primary N) is 1. The van der Waals surface area contributed by atoms with Crippen molar-refractivity contribution in [3.63, 3.8) is 0 Å². The van der Waals surface area contributed by atoms with Gasteiger partial charge in [0.05, 0.1) is 5.69 Å². The fourth-order valence-corrected chi connectivity index (χ4v) is 1.26. The molecule has 3 N–H and O–H groups in total. The van der Waals surface area contributed by atoms with Gasteiger partial charge in [0.2, 0.25) is 5.95 Å². The Bertz CT molecular complexity index is 595. The number of anilines is 1. The predicted molar refractivity (Wildman–Crippen MR) is 54.6 cm³/mol. The van der Waals surface area contributed by atoms with Gasteiger partial charge in [-0.3, -0.25) is 4.79 Å². The molecule has 0 aliphatic heterocycles. The monoisotopic (exact) mass is 223 g/mol. The van der Waals surface area contributed by atoms with Crippen LogP contribution in [-0.4, -0.2) is 9.97 Å². The second kappa shape index (κ2) is 3.73. The number of nitrogen functional groups attached to an aromatic ring is 1. The number of hydrogen-bond donors (Lipinski definition) is 2. The molecular weight excluding hydrogens is 216 g/mol. The van der Waals surface area contributed by atoms with Gasteiger partial charge < -0.3 is 10.7 Å². The molecule has 82 valence electrons. The maximum Gasteiger partial charge on any atom is 0.271 e. The first-order chi connectivity index (χ1) is 7.58. The van der Waals surface area contributed by atoms with E-state index in [4.69, 9.17) is 5.73 Å². The molecule has 2 rings (SSSR count). The Labute approximate surface area is 88.8 Å². The van der Waals surface area contributed by atoms with Crippen LogP contribution < -0.4 is 11.3 Å². The summed E-state index contributed by atoms with van der Waals surface area (Å²) in [5.41, 5.74) is 4.82. The lowest BCUT2D eigenvalue weighted by Gasteiger charge is -2.02. The van der Waals surface area contributed by atoms with E-state index in [0.717, 1.165) is 12.1 Å². The van der Waals surface area contributed by atoms with Crippen LogP contribution in [0.2, 0.25) is 0 Å². The number of nitrogens with zero attached hydrogens (tertiary/aromatic N) is 1. The molecule has 2 aromatic heterocycles. The minimum Gasteiger partial charge on any atom is -0.394 e. The molecule has 0 unspecified atom stereocenters. The molecule has 0 saturated heterocycles. The molecule has 0 aliphatic rings. The van der Waals surface area contributed by atoms with Crippen molar-refractivity contribution >= 4 is 5.69 Å². The summed E-state index contributed by atoms with van der Waals surface area (Å²) in [7, 11) is 0. The van der Waals surface area contributed by atoms with Gasteiger partial charge in [-0.2, -0.15) is 4.39 Å². The van der Waals surface area contributed by atoms with Crippen molar-refractivity contribution in [2.75, 3.05) is 5.73 Å². The van der Waals surface area contributed by atoms with Gasteiger partial charge in [-0.15, -0.1) is 0 Å². The number of aromatic amines is 1. The Morgan fingerprint density at radius 3 is 2.75 bits per heavy atom. The Morgan fingerprint density at radius 2 is 2.06 bits per heavy atom. The van der Waals surface area contributed by atoms with Crippen molar-refractivity contribution in [2.24, 2.45) is 0 Å². The summed E-state index contributed by atoms with van der Waals surface area (Å²) in [6.07, 6.45) is 1.23. The van der Waals surface area contributed by atoms with Gasteiger partial charge >= 0.3 is 0 Å². The lowest BCUT2D eigenvalue weighted by atomic mass is 10.2. The number of hydrogen-bond acceptors (Lipinski definition) is 3. The summed E-state index contributed by atoms with van der Waals surface area (Å²) in [6, 6.07) is 3.11. The minimum absolute atomic E-state index is 0.0806. The third-order valence-corrected chi connectivity index (χ3v) is 2.02. The molecule has 0 aliphatic carbocycles. The van der Waals surface area contributed by atoms with Crippen LogP contribution in [0, 0.1) is 11.8 Å². The topological polar surface area (TPSA) is 71.8 Å². The van der Waals surface area contributed by atoms with E-state index >= 15 is 0 Å². The van der Waals surface area contributed by atoms with Gasteiger partial charge in [-0.1, -0.05) is 0 Å². The standard InChI is InChI=1S/C10H7F2N3O/c11-6-1-2-8(12)15-9(6)5-3-7(13)10(16)14-4-5/h1-4H,13H2,(H,14,16). The van der Waals surface area contributed by atoms with Crippen molar-refractivity contribution in [1.29, 1.82) is 0 Å². The van der Waals surface area contributed by atoms with Crippen molar-refractivity contribution in [3.8, 4) is 11.3 Å². The average Bonchev–Trinajstić information content (AvgIpc) is 2.26. The van der Waals surface area contributed by atoms with Crippen LogP contribution in [0.4, 0.5) is 14.5 Å². The van der Waals surface area contributed by atoms with Crippen LogP contribution in [0.1, 0.15) is 0 Å². The molecule has 4 nitrogen and oxygen atoms in total. The zero-order valence-corrected chi connectivity index (χ0v) is 8.00. The quantitative estimate of drug-likeness (QED) is 0.715. The SMILES string of the molecule is Nc1cc(-c2nc(F)ccc2F)c[nH]c1=O. The molecule has 6 heteroatoms. The van der Waals surface area contributed by atoms with E-state index in [1.807, 2.05) is 0 Å². The average molecular weight is 223 g/mol. The summed E-state index contributed by atoms with van der Waals surface area (Å²) in [6.45, 7) is 0. The van der Waals surface area contributed by atoms with Gasteiger partial charge in [-0.25, -0.2) is 9.37 Å². The summed E-state index contributed by atoms with van der Waals surface area (Å²) in [5, 5.41) is 0. The minimum atomic E-state index is -0.804. The molecule has 0 fully saturated rings. The molecule has 2 heterocycles. The van der Waals surface area contributed by atoms with Crippen molar-refractivity contribution < 1.29 is 8.78 Å². The summed E-state index contributed by atoms with van der Waals surface area (Å²) in [5.74, 6) is -1.49. The van der Waals surface area contributed by atoms with Crippen LogP contribution in [0.3, 0.4) is 0 Å². The second-order valence-electron chi connectivity index (χ2n) is 3.14. The molecule has 16 heavy (non-hydrogen) atoms. The largest absolute Gasteiger partial charge is 0.394 e. The summed E-state index contributed by atoms with van der Waals surface area (Å²) >= 11 is 0. The van der Waals surface area contributed by atoms with E-state index < -0.39 is 17.3 Å². The van der Waals surface area contributed by atoms with Crippen LogP contribution in [0.15, 0.2) is 29.2 Å². The molecule has 0 aromatic carbocycles. The highest BCUT2D eigenvalue weighted by Crippen LogP contribution is 2.20. The zero-order chi connectivity index (χ0) is 11.7. The van der Waals surface area contributed by atoms with E-state index in [1.165, 1.54) is 12.3 Å². The van der Waals surface area contributed by atoms with Crippen LogP contribution in [0.5, 0.6) is 0 Å². The number of halogens is 2. The lowest BCUT2D eigenvalue weighted by molar-refractivity contribution is 0.564. The number of aromatic nitrogens is 2. The molecule has 0 spiro atoms. The molecule has 0 bridgehead atoms. The number of pyridine rings is 2. The maximum atomic E-state index is 13.3. The Hall–Kier alpha value is -2.24. The third-order valence-electron chi connectivity index (χ3n) is 2.02. The van der Waals surface area contributed by atoms with E-state index in [9.17, 15) is 13.6 Å². The zero-order valence-electron chi connectivity index (χ0n) is 8.00. The smallest absolute Gasteiger partial charge is 0.271 e. The van der Waals surface area contributed by atoms with Crippen LogP contribution >= 0.6 is 0 Å². The van der Waals surface area contributed by atoms with Gasteiger partial charge in [0.25, 0.3) is 5.56 Å². The molecule has 0 amide bonds. The van der Waals surface area contributed by atoms with Crippen molar-refractivity contribution in [2.45, 2.75) is 0 Å². The Balaban J connectivity index is 2.62. The summed E-state index contributed by atoms with van der Waals surface area (Å²) < 4.78 is 26.2. The molecule has 0 saturated carbocycles. The molecule has 2 aromatic rings. The van der Waals surface area contributed by atoms with E-state index in [2.05, 4.69) is 9.97 Å².